The van der Waals surface area contributed by atoms with Crippen LogP contribution in [-0.2, 0) is 11.0 Å². The van der Waals surface area contributed by atoms with Gasteiger partial charge in [-0.15, -0.1) is 11.3 Å². The van der Waals surface area contributed by atoms with Crippen molar-refractivity contribution in [3.05, 3.63) is 47.0 Å². The fraction of sp³-hybridized carbons (Fsp3) is 0.412. The Morgan fingerprint density at radius 2 is 2.16 bits per heavy atom. The van der Waals surface area contributed by atoms with Gasteiger partial charge in [-0.25, -0.2) is 4.98 Å². The summed E-state index contributed by atoms with van der Waals surface area (Å²) in [5.74, 6) is -0.267. The number of anilines is 1. The van der Waals surface area contributed by atoms with Crippen LogP contribution >= 0.6 is 11.3 Å². The van der Waals surface area contributed by atoms with E-state index in [2.05, 4.69) is 10.3 Å². The summed E-state index contributed by atoms with van der Waals surface area (Å²) in [6.07, 6.45) is -1.25. The molecule has 1 saturated heterocycles. The van der Waals surface area contributed by atoms with Gasteiger partial charge in [0.1, 0.15) is 6.04 Å². The molecule has 0 spiro atoms. The highest BCUT2D eigenvalue weighted by molar-refractivity contribution is 7.13. The second-order valence-electron chi connectivity index (χ2n) is 5.98. The molecule has 1 N–H and O–H groups in total. The zero-order valence-electron chi connectivity index (χ0n) is 13.6. The van der Waals surface area contributed by atoms with Gasteiger partial charge in [0, 0.05) is 18.1 Å². The molecule has 3 rings (SSSR count). The molecule has 0 radical (unpaired) electrons. The second-order valence-corrected chi connectivity index (χ2v) is 6.85. The lowest BCUT2D eigenvalue weighted by molar-refractivity contribution is -0.138. The molecular weight excluding hydrogens is 351 g/mol. The molecule has 25 heavy (non-hydrogen) atoms. The van der Waals surface area contributed by atoms with Crippen LogP contribution in [0.25, 0.3) is 0 Å². The van der Waals surface area contributed by atoms with E-state index >= 15 is 0 Å². The number of amides is 1. The molecule has 1 amide bonds. The quantitative estimate of drug-likeness (QED) is 0.886. The molecule has 2 heterocycles. The van der Waals surface area contributed by atoms with Gasteiger partial charge in [0.15, 0.2) is 5.13 Å². The fourth-order valence-electron chi connectivity index (χ4n) is 3.15. The summed E-state index contributed by atoms with van der Waals surface area (Å²) in [4.78, 5) is 18.8. The van der Waals surface area contributed by atoms with Crippen LogP contribution in [0, 0.1) is 0 Å². The molecule has 4 nitrogen and oxygen atoms in total. The highest BCUT2D eigenvalue weighted by Crippen LogP contribution is 2.34. The zero-order valence-corrected chi connectivity index (χ0v) is 14.4. The first-order chi connectivity index (χ1) is 11.9. The molecule has 8 heteroatoms. The molecule has 1 aliphatic rings. The average Bonchev–Trinajstić information content (AvgIpc) is 3.24. The minimum Gasteiger partial charge on any atom is -0.348 e. The van der Waals surface area contributed by atoms with Crippen LogP contribution in [0.3, 0.4) is 0 Å². The van der Waals surface area contributed by atoms with Crippen LogP contribution < -0.4 is 10.2 Å². The van der Waals surface area contributed by atoms with Crippen LogP contribution in [0.5, 0.6) is 0 Å². The lowest BCUT2D eigenvalue weighted by Crippen LogP contribution is -2.44. The van der Waals surface area contributed by atoms with E-state index in [0.29, 0.717) is 6.42 Å². The summed E-state index contributed by atoms with van der Waals surface area (Å²) in [6, 6.07) is 4.21. The predicted octanol–water partition coefficient (Wildman–Crippen LogP) is 4.01. The summed E-state index contributed by atoms with van der Waals surface area (Å²) >= 11 is 1.45. The number of nitrogens with zero attached hydrogens (tertiary/aromatic N) is 2. The number of aromatic nitrogens is 1. The largest absolute Gasteiger partial charge is 0.416 e. The summed E-state index contributed by atoms with van der Waals surface area (Å²) in [6.45, 7) is 2.30. The first kappa shape index (κ1) is 17.7. The third kappa shape index (κ3) is 3.78. The van der Waals surface area contributed by atoms with Crippen LogP contribution in [0.2, 0.25) is 0 Å². The van der Waals surface area contributed by atoms with E-state index in [1.165, 1.54) is 23.5 Å². The molecule has 2 unspecified atom stereocenters. The number of benzene rings is 1. The van der Waals surface area contributed by atoms with E-state index in [1.54, 1.807) is 19.2 Å². The van der Waals surface area contributed by atoms with Gasteiger partial charge in [-0.3, -0.25) is 4.79 Å². The van der Waals surface area contributed by atoms with Crippen molar-refractivity contribution in [2.45, 2.75) is 38.0 Å². The number of thiazole rings is 1. The van der Waals surface area contributed by atoms with Crippen molar-refractivity contribution in [3.63, 3.8) is 0 Å². The lowest BCUT2D eigenvalue weighted by atomic mass is 10.0. The van der Waals surface area contributed by atoms with Crippen molar-refractivity contribution >= 4 is 22.4 Å². The Balaban J connectivity index is 1.75. The Bertz CT molecular complexity index is 733. The molecule has 1 aromatic heterocycles. The van der Waals surface area contributed by atoms with Gasteiger partial charge in [-0.05, 0) is 31.4 Å². The molecule has 1 aromatic carbocycles. The van der Waals surface area contributed by atoms with Crippen LogP contribution in [-0.4, -0.2) is 23.5 Å². The number of halogens is 3. The van der Waals surface area contributed by atoms with Gasteiger partial charge >= 0.3 is 6.18 Å². The number of carbonyl (C=O) groups excluding carboxylic acids is 1. The van der Waals surface area contributed by atoms with Gasteiger partial charge in [0.25, 0.3) is 0 Å². The van der Waals surface area contributed by atoms with Gasteiger partial charge in [0.2, 0.25) is 5.91 Å². The molecule has 0 bridgehead atoms. The molecule has 0 saturated carbocycles. The molecule has 0 aliphatic carbocycles. The minimum absolute atomic E-state index is 0.0714. The van der Waals surface area contributed by atoms with E-state index in [4.69, 9.17) is 0 Å². The van der Waals surface area contributed by atoms with Crippen LogP contribution in [0.15, 0.2) is 35.8 Å². The highest BCUT2D eigenvalue weighted by atomic mass is 32.1. The van der Waals surface area contributed by atoms with E-state index in [1.807, 2.05) is 10.3 Å². The minimum atomic E-state index is -4.45. The maximum absolute atomic E-state index is 13.2. The summed E-state index contributed by atoms with van der Waals surface area (Å²) in [7, 11) is 0. The zero-order chi connectivity index (χ0) is 18.0. The molecule has 1 fully saturated rings. The van der Waals surface area contributed by atoms with Crippen molar-refractivity contribution in [3.8, 4) is 0 Å². The standard InChI is InChI=1S/C17H18F3N3OS/c1-11(12-5-2-3-6-13(12)17(18,19)20)22-15(24)14-7-4-9-23(14)16-21-8-10-25-16/h2-3,5-6,8,10-11,14H,4,7,9H2,1H3,(H,22,24). The Morgan fingerprint density at radius 1 is 1.40 bits per heavy atom. The SMILES string of the molecule is CC(NC(=O)C1CCCN1c1nccs1)c1ccccc1C(F)(F)F. The van der Waals surface area contributed by atoms with E-state index < -0.39 is 23.8 Å². The normalized spacial score (nSPS) is 19.0. The topological polar surface area (TPSA) is 45.2 Å². The number of alkyl halides is 3. The Labute approximate surface area is 147 Å². The summed E-state index contributed by atoms with van der Waals surface area (Å²) in [5, 5.41) is 5.34. The van der Waals surface area contributed by atoms with Gasteiger partial charge < -0.3 is 10.2 Å². The first-order valence-corrected chi connectivity index (χ1v) is 8.88. The molecule has 1 aliphatic heterocycles. The number of carbonyl (C=O) groups is 1. The van der Waals surface area contributed by atoms with Crippen LogP contribution in [0.1, 0.15) is 36.9 Å². The maximum atomic E-state index is 13.2. The molecule has 2 atom stereocenters. The number of hydrogen-bond donors (Lipinski definition) is 1. The molecule has 2 aromatic rings. The monoisotopic (exact) mass is 369 g/mol. The number of nitrogens with one attached hydrogen (secondary N) is 1. The third-order valence-electron chi connectivity index (χ3n) is 4.31. The maximum Gasteiger partial charge on any atom is 0.416 e. The van der Waals surface area contributed by atoms with Gasteiger partial charge in [0.05, 0.1) is 11.6 Å². The summed E-state index contributed by atoms with van der Waals surface area (Å²) < 4.78 is 39.5. The van der Waals surface area contributed by atoms with Crippen molar-refractivity contribution in [2.24, 2.45) is 0 Å². The predicted molar refractivity (Wildman–Crippen MR) is 90.5 cm³/mol. The Kier molecular flexibility index (Phi) is 4.99. The smallest absolute Gasteiger partial charge is 0.348 e. The van der Waals surface area contributed by atoms with Crippen molar-refractivity contribution in [1.82, 2.24) is 10.3 Å². The van der Waals surface area contributed by atoms with E-state index in [-0.39, 0.29) is 11.5 Å². The Hall–Kier alpha value is -2.09. The third-order valence-corrected chi connectivity index (χ3v) is 5.12. The average molecular weight is 369 g/mol. The number of rotatable bonds is 4. The summed E-state index contributed by atoms with van der Waals surface area (Å²) in [5.41, 5.74) is -0.645. The fourth-order valence-corrected chi connectivity index (χ4v) is 3.87. The lowest BCUT2D eigenvalue weighted by Gasteiger charge is -2.26. The van der Waals surface area contributed by atoms with Crippen molar-refractivity contribution in [1.29, 1.82) is 0 Å². The highest BCUT2D eigenvalue weighted by Gasteiger charge is 2.36. The second kappa shape index (κ2) is 7.03. The molecular formula is C17H18F3N3OS. The Morgan fingerprint density at radius 3 is 2.84 bits per heavy atom. The van der Waals surface area contributed by atoms with E-state index in [9.17, 15) is 18.0 Å². The van der Waals surface area contributed by atoms with Gasteiger partial charge in [-0.2, -0.15) is 13.2 Å². The van der Waals surface area contributed by atoms with Gasteiger partial charge in [-0.1, -0.05) is 18.2 Å². The first-order valence-electron chi connectivity index (χ1n) is 8.00. The van der Waals surface area contributed by atoms with Crippen molar-refractivity contribution < 1.29 is 18.0 Å². The van der Waals surface area contributed by atoms with Crippen molar-refractivity contribution in [2.75, 3.05) is 11.4 Å². The van der Waals surface area contributed by atoms with Crippen LogP contribution in [0.4, 0.5) is 18.3 Å². The van der Waals surface area contributed by atoms with E-state index in [0.717, 1.165) is 24.2 Å². The number of hydrogen-bond acceptors (Lipinski definition) is 4. The molecule has 134 valence electrons.